The van der Waals surface area contributed by atoms with E-state index in [1.54, 1.807) is 24.3 Å². The van der Waals surface area contributed by atoms with Crippen molar-refractivity contribution >= 4 is 0 Å². The van der Waals surface area contributed by atoms with Crippen molar-refractivity contribution in [3.63, 3.8) is 0 Å². The molecule has 0 aromatic rings. The molecule has 0 spiro atoms. The van der Waals surface area contributed by atoms with Gasteiger partial charge in [-0.05, 0) is 0 Å². The van der Waals surface area contributed by atoms with Crippen molar-refractivity contribution in [1.29, 1.82) is 0 Å². The summed E-state index contributed by atoms with van der Waals surface area (Å²) in [5.74, 6) is 0. The summed E-state index contributed by atoms with van der Waals surface area (Å²) in [6.45, 7) is 21.8. The van der Waals surface area contributed by atoms with Crippen LogP contribution < -0.4 is 0 Å². The lowest BCUT2D eigenvalue weighted by Gasteiger charge is -2.33. The van der Waals surface area contributed by atoms with Gasteiger partial charge in [0.25, 0.3) is 0 Å². The Labute approximate surface area is 200 Å². The molecule has 0 aliphatic heterocycles. The van der Waals surface area contributed by atoms with Gasteiger partial charge in [0.15, 0.2) is 0 Å². The third kappa shape index (κ3) is 20.9. The van der Waals surface area contributed by atoms with Gasteiger partial charge >= 0.3 is 0 Å². The maximum atomic E-state index is 5.90. The van der Waals surface area contributed by atoms with E-state index in [0.717, 1.165) is 0 Å². The van der Waals surface area contributed by atoms with Crippen LogP contribution in [-0.2, 0) is 37.9 Å². The molecule has 0 heterocycles. The van der Waals surface area contributed by atoms with E-state index in [4.69, 9.17) is 37.9 Å². The van der Waals surface area contributed by atoms with Gasteiger partial charge < -0.3 is 37.9 Å². The predicted octanol–water partition coefficient (Wildman–Crippen LogP) is 2.85. The summed E-state index contributed by atoms with van der Waals surface area (Å²) in [4.78, 5) is 0. The van der Waals surface area contributed by atoms with Gasteiger partial charge in [-0.25, -0.2) is 0 Å². The summed E-state index contributed by atoms with van der Waals surface area (Å²) >= 11 is 0. The highest BCUT2D eigenvalue weighted by molar-refractivity contribution is 4.80. The van der Waals surface area contributed by atoms with Gasteiger partial charge in [0.1, 0.15) is 0 Å². The molecule has 0 unspecified atom stereocenters. The van der Waals surface area contributed by atoms with E-state index < -0.39 is 5.41 Å². The molecular weight excluding hydrogens is 428 g/mol. The summed E-state index contributed by atoms with van der Waals surface area (Å²) in [6.07, 6.45) is 6.82. The Morgan fingerprint density at radius 1 is 0.364 bits per heavy atom. The first kappa shape index (κ1) is 31.6. The van der Waals surface area contributed by atoms with E-state index in [-0.39, 0.29) is 0 Å². The Bertz CT molecular complexity index is 384. The molecule has 33 heavy (non-hydrogen) atoms. The highest BCUT2D eigenvalue weighted by Crippen LogP contribution is 2.21. The van der Waals surface area contributed by atoms with Crippen LogP contribution in [0.3, 0.4) is 0 Å². The van der Waals surface area contributed by atoms with Gasteiger partial charge in [0, 0.05) is 0 Å². The zero-order valence-electron chi connectivity index (χ0n) is 20.2. The largest absolute Gasteiger partial charge is 0.378 e. The lowest BCUT2D eigenvalue weighted by Crippen LogP contribution is -2.42. The van der Waals surface area contributed by atoms with Crippen LogP contribution >= 0.6 is 0 Å². The third-order valence-corrected chi connectivity index (χ3v) is 4.06. The van der Waals surface area contributed by atoms with Crippen LogP contribution in [0.1, 0.15) is 0 Å². The fourth-order valence-electron chi connectivity index (χ4n) is 2.54. The van der Waals surface area contributed by atoms with Gasteiger partial charge in [0.05, 0.1) is 111 Å². The van der Waals surface area contributed by atoms with Crippen LogP contribution in [0, 0.1) is 5.41 Å². The van der Waals surface area contributed by atoms with Crippen LogP contribution in [0.4, 0.5) is 0 Å². The van der Waals surface area contributed by atoms with Crippen molar-refractivity contribution in [2.24, 2.45) is 5.41 Å². The van der Waals surface area contributed by atoms with E-state index in [9.17, 15) is 0 Å². The first-order valence-corrected chi connectivity index (χ1v) is 11.3. The molecule has 0 aliphatic carbocycles. The van der Waals surface area contributed by atoms with Crippen LogP contribution in [0.5, 0.6) is 0 Å². The van der Waals surface area contributed by atoms with Gasteiger partial charge in [-0.15, -0.1) is 26.3 Å². The van der Waals surface area contributed by atoms with E-state index in [2.05, 4.69) is 26.3 Å². The van der Waals surface area contributed by atoms with Crippen molar-refractivity contribution in [2.75, 3.05) is 106 Å². The summed E-state index contributed by atoms with van der Waals surface area (Å²) in [5.41, 5.74) is -0.506. The number of hydrogen-bond donors (Lipinski definition) is 0. The molecule has 8 nitrogen and oxygen atoms in total. The first-order valence-electron chi connectivity index (χ1n) is 11.3. The molecule has 0 N–H and O–H groups in total. The molecule has 192 valence electrons. The molecule has 0 aromatic carbocycles. The second kappa shape index (κ2) is 25.3. The Balaban J connectivity index is 4.80. The summed E-state index contributed by atoms with van der Waals surface area (Å²) in [6, 6.07) is 0. The van der Waals surface area contributed by atoms with E-state index in [1.165, 1.54) is 0 Å². The van der Waals surface area contributed by atoms with Crippen molar-refractivity contribution in [1.82, 2.24) is 0 Å². The quantitative estimate of drug-likeness (QED) is 0.127. The lowest BCUT2D eigenvalue weighted by molar-refractivity contribution is -0.120. The Morgan fingerprint density at radius 2 is 0.576 bits per heavy atom. The minimum Gasteiger partial charge on any atom is -0.378 e. The van der Waals surface area contributed by atoms with Crippen LogP contribution in [0.25, 0.3) is 0 Å². The lowest BCUT2D eigenvalue weighted by atomic mass is 9.92. The fraction of sp³-hybridized carbons (Fsp3) is 0.680. The van der Waals surface area contributed by atoms with Crippen molar-refractivity contribution in [3.05, 3.63) is 50.6 Å². The molecule has 0 radical (unpaired) electrons. The van der Waals surface area contributed by atoms with Crippen molar-refractivity contribution in [2.45, 2.75) is 0 Å². The smallest absolute Gasteiger partial charge is 0.0704 e. The zero-order chi connectivity index (χ0) is 24.3. The average molecular weight is 473 g/mol. The predicted molar refractivity (Wildman–Crippen MR) is 130 cm³/mol. The molecule has 0 aromatic heterocycles. The Hall–Kier alpha value is -1.36. The minimum absolute atomic E-state index is 0.388. The minimum atomic E-state index is -0.506. The maximum Gasteiger partial charge on any atom is 0.0704 e. The number of hydrogen-bond acceptors (Lipinski definition) is 8. The molecule has 0 bridgehead atoms. The second-order valence-electron chi connectivity index (χ2n) is 7.16. The molecule has 0 atom stereocenters. The van der Waals surface area contributed by atoms with E-state index in [1.807, 2.05) is 0 Å². The van der Waals surface area contributed by atoms with Gasteiger partial charge in [-0.2, -0.15) is 0 Å². The van der Waals surface area contributed by atoms with Gasteiger partial charge in [-0.3, -0.25) is 0 Å². The van der Waals surface area contributed by atoms with E-state index >= 15 is 0 Å². The van der Waals surface area contributed by atoms with Crippen molar-refractivity contribution in [3.8, 4) is 0 Å². The summed E-state index contributed by atoms with van der Waals surface area (Å²) < 4.78 is 45.2. The topological polar surface area (TPSA) is 73.8 Å². The fourth-order valence-corrected chi connectivity index (χ4v) is 2.54. The van der Waals surface area contributed by atoms with E-state index in [0.29, 0.717) is 106 Å². The SMILES string of the molecule is C=CCOCCOCC(COCCOCC=C)(COCCOCC=C)COCCOCC=C. The molecule has 0 fully saturated rings. The first-order chi connectivity index (χ1) is 16.2. The highest BCUT2D eigenvalue weighted by atomic mass is 16.6. The number of ether oxygens (including phenoxy) is 8. The monoisotopic (exact) mass is 472 g/mol. The second-order valence-corrected chi connectivity index (χ2v) is 7.16. The van der Waals surface area contributed by atoms with Crippen molar-refractivity contribution < 1.29 is 37.9 Å². The van der Waals surface area contributed by atoms with Crippen LogP contribution in [0.15, 0.2) is 50.6 Å². The summed E-state index contributed by atoms with van der Waals surface area (Å²) in [5, 5.41) is 0. The molecule has 0 saturated heterocycles. The van der Waals surface area contributed by atoms with Crippen LogP contribution in [-0.4, -0.2) is 106 Å². The molecule has 0 saturated carbocycles. The standard InChI is InChI=1S/C25H44O8/c1-5-9-26-13-17-30-21-25(22-31-18-14-27-10-6-2,23-32-19-15-28-11-7-3)24-33-20-16-29-12-8-4/h5-8H,1-4,9-24H2. The Kier molecular flexibility index (Phi) is 24.2. The Morgan fingerprint density at radius 3 is 0.788 bits per heavy atom. The maximum absolute atomic E-state index is 5.90. The normalized spacial score (nSPS) is 11.4. The average Bonchev–Trinajstić information content (AvgIpc) is 2.83. The number of rotatable bonds is 28. The molecule has 0 rings (SSSR count). The van der Waals surface area contributed by atoms with Gasteiger partial charge in [-0.1, -0.05) is 24.3 Å². The highest BCUT2D eigenvalue weighted by Gasteiger charge is 2.32. The van der Waals surface area contributed by atoms with Gasteiger partial charge in [0.2, 0.25) is 0 Å². The molecule has 0 aliphatic rings. The third-order valence-electron chi connectivity index (χ3n) is 4.06. The van der Waals surface area contributed by atoms with Crippen LogP contribution in [0.2, 0.25) is 0 Å². The molecule has 0 amide bonds. The summed E-state index contributed by atoms with van der Waals surface area (Å²) in [7, 11) is 0. The molecule has 8 heteroatoms. The molecular formula is C25H44O8. The zero-order valence-corrected chi connectivity index (χ0v) is 20.2.